The van der Waals surface area contributed by atoms with Gasteiger partial charge >= 0.3 is 0 Å². The number of hydrogen-bond donors (Lipinski definition) is 0. The number of nitrogens with zero attached hydrogens (tertiary/aromatic N) is 2. The number of alkyl halides is 1. The predicted molar refractivity (Wildman–Crippen MR) is 48.5 cm³/mol. The zero-order chi connectivity index (χ0) is 6.74. The summed E-state index contributed by atoms with van der Waals surface area (Å²) in [5, 5.41) is 7.52. The van der Waals surface area contributed by atoms with Gasteiger partial charge in [0.25, 0.3) is 0 Å². The summed E-state index contributed by atoms with van der Waals surface area (Å²) in [6, 6.07) is 0. The van der Waals surface area contributed by atoms with Gasteiger partial charge in [-0.05, 0) is 13.0 Å². The van der Waals surface area contributed by atoms with Gasteiger partial charge in [0.15, 0.2) is 0 Å². The Labute approximate surface area is 67.9 Å². The molecule has 0 saturated heterocycles. The Bertz CT molecular complexity index is 161. The minimum atomic E-state index is 0.0360. The number of halogens is 1. The molecule has 0 aromatic carbocycles. The summed E-state index contributed by atoms with van der Waals surface area (Å²) >= 11 is 2.30. The van der Waals surface area contributed by atoms with Crippen LogP contribution >= 0.6 is 22.6 Å². The second-order valence-corrected chi connectivity index (χ2v) is 4.34. The smallest absolute Gasteiger partial charge is 0.0746 e. The molecule has 2 nitrogen and oxygen atoms in total. The highest BCUT2D eigenvalue weighted by atomic mass is 127. The first-order valence-electron chi connectivity index (χ1n) is 2.65. The molecule has 9 heavy (non-hydrogen) atoms. The molecule has 0 fully saturated rings. The maximum Gasteiger partial charge on any atom is 0.0746 e. The maximum atomic E-state index is 3.80. The maximum absolute atomic E-state index is 3.80. The van der Waals surface area contributed by atoms with Gasteiger partial charge in [-0.2, -0.15) is 10.2 Å². The molecule has 0 spiro atoms. The van der Waals surface area contributed by atoms with Gasteiger partial charge in [-0.1, -0.05) is 28.7 Å². The van der Waals surface area contributed by atoms with E-state index >= 15 is 0 Å². The zero-order valence-corrected chi connectivity index (χ0v) is 7.24. The SMILES string of the molecule is CC1(I)C=CC=NN=C1. The Morgan fingerprint density at radius 2 is 2.22 bits per heavy atom. The highest BCUT2D eigenvalue weighted by molar-refractivity contribution is 14.1. The normalized spacial score (nSPS) is 32.7. The molecule has 1 heterocycles. The fourth-order valence-electron chi connectivity index (χ4n) is 0.497. The van der Waals surface area contributed by atoms with E-state index in [4.69, 9.17) is 0 Å². The summed E-state index contributed by atoms with van der Waals surface area (Å²) in [7, 11) is 0. The molecule has 0 radical (unpaired) electrons. The zero-order valence-electron chi connectivity index (χ0n) is 5.08. The molecule has 0 aliphatic carbocycles. The lowest BCUT2D eigenvalue weighted by molar-refractivity contribution is 1.13. The van der Waals surface area contributed by atoms with Gasteiger partial charge in [-0.15, -0.1) is 0 Å². The van der Waals surface area contributed by atoms with Crippen LogP contribution in [0.1, 0.15) is 6.92 Å². The van der Waals surface area contributed by atoms with E-state index in [0.29, 0.717) is 0 Å². The average Bonchev–Trinajstić information content (AvgIpc) is 1.92. The van der Waals surface area contributed by atoms with Gasteiger partial charge in [0.1, 0.15) is 0 Å². The van der Waals surface area contributed by atoms with Crippen molar-refractivity contribution in [2.45, 2.75) is 10.3 Å². The van der Waals surface area contributed by atoms with Gasteiger partial charge in [-0.25, -0.2) is 0 Å². The summed E-state index contributed by atoms with van der Waals surface area (Å²) in [5.41, 5.74) is 0. The van der Waals surface area contributed by atoms with E-state index in [1.165, 1.54) is 0 Å². The monoisotopic (exact) mass is 234 g/mol. The molecular weight excluding hydrogens is 227 g/mol. The standard InChI is InChI=1S/C6H7IN2/c1-6(7)3-2-4-8-9-5-6/h2-5H,1H3. The second kappa shape index (κ2) is 2.60. The van der Waals surface area contributed by atoms with E-state index in [-0.39, 0.29) is 3.42 Å². The fraction of sp³-hybridized carbons (Fsp3) is 0.333. The van der Waals surface area contributed by atoms with Crippen LogP contribution in [0.5, 0.6) is 0 Å². The summed E-state index contributed by atoms with van der Waals surface area (Å²) < 4.78 is 0.0360. The van der Waals surface area contributed by atoms with E-state index in [1.54, 1.807) is 6.21 Å². The quantitative estimate of drug-likeness (QED) is 0.451. The van der Waals surface area contributed by atoms with E-state index in [0.717, 1.165) is 0 Å². The molecule has 48 valence electrons. The third kappa shape index (κ3) is 2.26. The van der Waals surface area contributed by atoms with Crippen LogP contribution in [0.2, 0.25) is 0 Å². The molecule has 1 aliphatic heterocycles. The van der Waals surface area contributed by atoms with Crippen LogP contribution in [0.15, 0.2) is 22.4 Å². The first-order chi connectivity index (χ1) is 4.21. The van der Waals surface area contributed by atoms with Gasteiger partial charge in [0.05, 0.1) is 3.42 Å². The highest BCUT2D eigenvalue weighted by Crippen LogP contribution is 2.17. The molecular formula is C6H7IN2. The predicted octanol–water partition coefficient (Wildman–Crippen LogP) is 1.81. The van der Waals surface area contributed by atoms with Crippen LogP contribution in [-0.2, 0) is 0 Å². The van der Waals surface area contributed by atoms with Crippen molar-refractivity contribution in [1.82, 2.24) is 0 Å². The molecule has 0 N–H and O–H groups in total. The molecule has 1 atom stereocenters. The van der Waals surface area contributed by atoms with Crippen LogP contribution in [0, 0.1) is 0 Å². The van der Waals surface area contributed by atoms with Crippen molar-refractivity contribution in [3.63, 3.8) is 0 Å². The Balaban J connectivity index is 2.82. The van der Waals surface area contributed by atoms with Crippen LogP contribution < -0.4 is 0 Å². The minimum absolute atomic E-state index is 0.0360. The molecule has 1 rings (SSSR count). The summed E-state index contributed by atoms with van der Waals surface area (Å²) in [6.07, 6.45) is 7.45. The van der Waals surface area contributed by atoms with Crippen molar-refractivity contribution in [3.8, 4) is 0 Å². The molecule has 0 amide bonds. The molecule has 0 aromatic heterocycles. The van der Waals surface area contributed by atoms with Crippen LogP contribution in [0.3, 0.4) is 0 Å². The number of allylic oxidation sites excluding steroid dienone is 2. The Hall–Kier alpha value is -0.190. The molecule has 1 aliphatic rings. The topological polar surface area (TPSA) is 24.7 Å². The molecule has 0 saturated carbocycles. The third-order valence-corrected chi connectivity index (χ3v) is 1.59. The number of hydrogen-bond acceptors (Lipinski definition) is 2. The summed E-state index contributed by atoms with van der Waals surface area (Å²) in [6.45, 7) is 2.07. The lowest BCUT2D eigenvalue weighted by Gasteiger charge is -2.07. The lowest BCUT2D eigenvalue weighted by atomic mass is 10.2. The fourth-order valence-corrected chi connectivity index (χ4v) is 0.830. The van der Waals surface area contributed by atoms with Crippen LogP contribution in [-0.4, -0.2) is 15.9 Å². The lowest BCUT2D eigenvalue weighted by Crippen LogP contribution is -2.11. The third-order valence-electron chi connectivity index (χ3n) is 0.952. The van der Waals surface area contributed by atoms with Crippen molar-refractivity contribution in [2.75, 3.05) is 0 Å². The van der Waals surface area contributed by atoms with Crippen molar-refractivity contribution in [3.05, 3.63) is 12.2 Å². The summed E-state index contributed by atoms with van der Waals surface area (Å²) in [5.74, 6) is 0. The van der Waals surface area contributed by atoms with E-state index in [1.807, 2.05) is 18.4 Å². The number of rotatable bonds is 0. The largest absolute Gasteiger partial charge is 0.162 e. The van der Waals surface area contributed by atoms with E-state index in [2.05, 4.69) is 39.7 Å². The van der Waals surface area contributed by atoms with Gasteiger partial charge < -0.3 is 0 Å². The molecule has 0 aromatic rings. The average molecular weight is 234 g/mol. The van der Waals surface area contributed by atoms with Gasteiger partial charge in [0, 0.05) is 12.4 Å². The first kappa shape index (κ1) is 6.92. The highest BCUT2D eigenvalue weighted by Gasteiger charge is 2.12. The van der Waals surface area contributed by atoms with Crippen molar-refractivity contribution < 1.29 is 0 Å². The van der Waals surface area contributed by atoms with Gasteiger partial charge in [-0.3, -0.25) is 0 Å². The summed E-state index contributed by atoms with van der Waals surface area (Å²) in [4.78, 5) is 0. The Kier molecular flexibility index (Phi) is 2.00. The first-order valence-corrected chi connectivity index (χ1v) is 3.73. The van der Waals surface area contributed by atoms with Crippen LogP contribution in [0.4, 0.5) is 0 Å². The van der Waals surface area contributed by atoms with E-state index < -0.39 is 0 Å². The Morgan fingerprint density at radius 1 is 1.44 bits per heavy atom. The Morgan fingerprint density at radius 3 is 3.00 bits per heavy atom. The van der Waals surface area contributed by atoms with Crippen LogP contribution in [0.25, 0.3) is 0 Å². The van der Waals surface area contributed by atoms with E-state index in [9.17, 15) is 0 Å². The van der Waals surface area contributed by atoms with Crippen molar-refractivity contribution >= 4 is 35.0 Å². The van der Waals surface area contributed by atoms with Crippen molar-refractivity contribution in [1.29, 1.82) is 0 Å². The van der Waals surface area contributed by atoms with Crippen molar-refractivity contribution in [2.24, 2.45) is 10.2 Å². The molecule has 0 bridgehead atoms. The second-order valence-electron chi connectivity index (χ2n) is 2.02. The molecule has 1 unspecified atom stereocenters. The van der Waals surface area contributed by atoms with Gasteiger partial charge in [0.2, 0.25) is 0 Å². The molecule has 3 heteroatoms. The minimum Gasteiger partial charge on any atom is -0.162 e.